The molecule has 0 spiro atoms. The molecule has 0 aromatic carbocycles. The monoisotopic (exact) mass is 686 g/mol. The number of hydrogen-bond acceptors (Lipinski definition) is 15. The Morgan fingerprint density at radius 3 is 1.38 bits per heavy atom. The Morgan fingerprint density at radius 1 is 0.708 bits per heavy atom. The number of carbonyl (C=O) groups is 3. The minimum Gasteiger partial charge on any atom is -0.450 e. The molecule has 0 bridgehead atoms. The van der Waals surface area contributed by atoms with E-state index in [4.69, 9.17) is 51.0 Å². The Morgan fingerprint density at radius 2 is 1.08 bits per heavy atom. The Bertz CT molecular complexity index is 929. The molecular formula is C29H57B3N4O12. The molecule has 6 atom stereocenters. The largest absolute Gasteiger partial charge is 0.450 e. The number of ketones is 2. The number of rotatable bonds is 14. The van der Waals surface area contributed by atoms with Crippen molar-refractivity contribution >= 4 is 56.7 Å². The van der Waals surface area contributed by atoms with Gasteiger partial charge < -0.3 is 37.2 Å². The number of likely N-dealkylation sites (tertiary alicyclic amines) is 1. The van der Waals surface area contributed by atoms with Gasteiger partial charge in [-0.2, -0.15) is 28.8 Å². The van der Waals surface area contributed by atoms with Crippen LogP contribution in [0.3, 0.4) is 0 Å². The fraction of sp³-hybridized carbons (Fsp3) is 0.793. The lowest BCUT2D eigenvalue weighted by atomic mass is 9.56. The fourth-order valence-electron chi connectivity index (χ4n) is 4.12. The van der Waals surface area contributed by atoms with Crippen molar-refractivity contribution in [3.63, 3.8) is 0 Å². The summed E-state index contributed by atoms with van der Waals surface area (Å²) in [6.45, 7) is 14.1. The van der Waals surface area contributed by atoms with E-state index in [1.165, 1.54) is 0 Å². The van der Waals surface area contributed by atoms with Crippen LogP contribution in [-0.4, -0.2) is 107 Å². The molecule has 0 saturated carbocycles. The molecule has 0 unspecified atom stereocenters. The highest BCUT2D eigenvalue weighted by Gasteiger charge is 2.35. The standard InChI is InChI=1S/C9H19BN2O2.C9H20BNO2.C8H18BNO2.3CO2/c1-3-7(11)9(13)12-6-4-5-8(12)10(2)14;1-4-7(10(3)13)6-9(12)8(11)5-2;1-4-7(10)8(11)5-6(2)9(3)12;3*2-1-3/h7-8,14H,3-6,11H2,1-2H3;7-8,13H,4-6,11H2,1-3H3;6-7,12H,4-5,10H2,1-3H3;;;/t7-,8-;7-,8+;6-,7+;;;/m011.../s1. The molecule has 1 aliphatic heterocycles. The van der Waals surface area contributed by atoms with Gasteiger partial charge in [0.2, 0.25) is 5.91 Å². The number of Topliss-reactive ketones (excluding diaryl/α,β-unsaturated/α-hetero) is 2. The maximum Gasteiger partial charge on any atom is 0.373 e. The van der Waals surface area contributed by atoms with Gasteiger partial charge in [-0.05, 0) is 43.7 Å². The van der Waals surface area contributed by atoms with Crippen molar-refractivity contribution in [1.29, 1.82) is 0 Å². The summed E-state index contributed by atoms with van der Waals surface area (Å²) >= 11 is 0. The smallest absolute Gasteiger partial charge is 0.373 e. The van der Waals surface area contributed by atoms with Crippen molar-refractivity contribution in [2.24, 2.45) is 17.2 Å². The molecule has 1 amide bonds. The minimum absolute atomic E-state index is 0.00935. The Labute approximate surface area is 285 Å². The lowest BCUT2D eigenvalue weighted by Crippen LogP contribution is -2.50. The van der Waals surface area contributed by atoms with Gasteiger partial charge in [0.1, 0.15) is 11.6 Å². The molecule has 0 aliphatic carbocycles. The van der Waals surface area contributed by atoms with E-state index in [2.05, 4.69) is 0 Å². The van der Waals surface area contributed by atoms with E-state index in [0.717, 1.165) is 25.8 Å². The number of amides is 1. The summed E-state index contributed by atoms with van der Waals surface area (Å²) in [6, 6.07) is -1.12. The first-order chi connectivity index (χ1) is 22.3. The quantitative estimate of drug-likeness (QED) is 0.130. The minimum atomic E-state index is -0.453. The average molecular weight is 686 g/mol. The van der Waals surface area contributed by atoms with Crippen LogP contribution in [0.1, 0.15) is 86.0 Å². The molecule has 0 aromatic heterocycles. The molecule has 9 N–H and O–H groups in total. The van der Waals surface area contributed by atoms with E-state index in [1.54, 1.807) is 25.4 Å². The van der Waals surface area contributed by atoms with Gasteiger partial charge in [-0.25, -0.2) is 0 Å². The first-order valence-electron chi connectivity index (χ1n) is 16.0. The van der Waals surface area contributed by atoms with E-state index in [1.807, 2.05) is 34.6 Å². The highest BCUT2D eigenvalue weighted by molar-refractivity contribution is 6.51. The molecule has 19 heteroatoms. The van der Waals surface area contributed by atoms with Crippen LogP contribution in [-0.2, 0) is 43.2 Å². The van der Waals surface area contributed by atoms with Crippen LogP contribution in [0.2, 0.25) is 32.1 Å². The molecule has 274 valence electrons. The van der Waals surface area contributed by atoms with Gasteiger partial charge in [-0.15, -0.1) is 0 Å². The topological polar surface area (TPSA) is 296 Å². The summed E-state index contributed by atoms with van der Waals surface area (Å²) in [5.41, 5.74) is 16.8. The third kappa shape index (κ3) is 29.1. The molecule has 1 heterocycles. The number of nitrogens with two attached hydrogens (primary N) is 3. The van der Waals surface area contributed by atoms with E-state index in [-0.39, 0.29) is 65.6 Å². The molecule has 1 saturated heterocycles. The van der Waals surface area contributed by atoms with Crippen molar-refractivity contribution in [2.75, 3.05) is 6.54 Å². The van der Waals surface area contributed by atoms with Crippen LogP contribution in [0.25, 0.3) is 0 Å². The van der Waals surface area contributed by atoms with Gasteiger partial charge in [0, 0.05) is 25.3 Å². The van der Waals surface area contributed by atoms with Crippen molar-refractivity contribution in [3.8, 4) is 0 Å². The molecule has 1 fully saturated rings. The third-order valence-electron chi connectivity index (χ3n) is 7.62. The average Bonchev–Trinajstić information content (AvgIpc) is 3.54. The van der Waals surface area contributed by atoms with Crippen molar-refractivity contribution in [3.05, 3.63) is 0 Å². The van der Waals surface area contributed by atoms with Crippen molar-refractivity contribution in [2.45, 2.75) is 142 Å². The number of carbonyl (C=O) groups excluding carboxylic acids is 9. The van der Waals surface area contributed by atoms with Crippen molar-refractivity contribution < 1.29 is 58.2 Å². The highest BCUT2D eigenvalue weighted by Crippen LogP contribution is 2.20. The Kier molecular flexibility index (Phi) is 39.9. The summed E-state index contributed by atoms with van der Waals surface area (Å²) in [6.07, 6.45) is 6.22. The molecular weight excluding hydrogens is 629 g/mol. The van der Waals surface area contributed by atoms with Crippen LogP contribution in [0, 0.1) is 0 Å². The maximum atomic E-state index is 11.8. The number of hydrogen-bond donors (Lipinski definition) is 6. The third-order valence-corrected chi connectivity index (χ3v) is 7.62. The maximum absolute atomic E-state index is 11.8. The second-order valence-electron chi connectivity index (χ2n) is 11.2. The van der Waals surface area contributed by atoms with Crippen LogP contribution < -0.4 is 17.2 Å². The molecule has 1 aliphatic rings. The normalized spacial score (nSPS) is 15.4. The van der Waals surface area contributed by atoms with Crippen LogP contribution in [0.4, 0.5) is 0 Å². The summed E-state index contributed by atoms with van der Waals surface area (Å²) in [4.78, 5) is 84.9. The fourth-order valence-corrected chi connectivity index (χ4v) is 4.12. The summed E-state index contributed by atoms with van der Waals surface area (Å²) in [5.74, 6) is 0.136. The van der Waals surface area contributed by atoms with Crippen LogP contribution in [0.5, 0.6) is 0 Å². The zero-order valence-corrected chi connectivity index (χ0v) is 29.8. The van der Waals surface area contributed by atoms with Crippen LogP contribution >= 0.6 is 0 Å². The number of nitrogens with zero attached hydrogens (tertiary/aromatic N) is 1. The lowest BCUT2D eigenvalue weighted by Gasteiger charge is -2.27. The van der Waals surface area contributed by atoms with Gasteiger partial charge in [0.25, 0.3) is 13.8 Å². The molecule has 1 rings (SSSR count). The van der Waals surface area contributed by atoms with E-state index in [0.29, 0.717) is 32.1 Å². The zero-order chi connectivity index (χ0) is 39.0. The Balaban J connectivity index is -0.000000171. The second kappa shape index (κ2) is 35.2. The van der Waals surface area contributed by atoms with Crippen LogP contribution in [0.15, 0.2) is 0 Å². The zero-order valence-electron chi connectivity index (χ0n) is 29.8. The predicted molar refractivity (Wildman–Crippen MR) is 179 cm³/mol. The van der Waals surface area contributed by atoms with Gasteiger partial charge in [0.05, 0.1) is 18.1 Å². The van der Waals surface area contributed by atoms with Crippen molar-refractivity contribution in [1.82, 2.24) is 4.90 Å². The van der Waals surface area contributed by atoms with Gasteiger partial charge >= 0.3 is 25.4 Å². The van der Waals surface area contributed by atoms with E-state index < -0.39 is 26.8 Å². The Hall–Kier alpha value is -3.10. The first-order valence-corrected chi connectivity index (χ1v) is 16.0. The predicted octanol–water partition coefficient (Wildman–Crippen LogP) is -0.120. The molecule has 0 aromatic rings. The highest BCUT2D eigenvalue weighted by atomic mass is 16.2. The first kappa shape index (κ1) is 54.4. The summed E-state index contributed by atoms with van der Waals surface area (Å²) in [5, 5.41) is 27.9. The van der Waals surface area contributed by atoms with Gasteiger partial charge in [0.15, 0.2) is 0 Å². The van der Waals surface area contributed by atoms with E-state index >= 15 is 0 Å². The molecule has 16 nitrogen and oxygen atoms in total. The second-order valence-corrected chi connectivity index (χ2v) is 11.2. The SMILES string of the molecule is CC[C@H](CC(=O)[C@@H](N)CC)B(C)O.CC[C@H](N)C(=O)C[C@@H](C)B(C)O.CC[C@H](N)C(=O)N1CCC[C@H]1B(C)O.O=C=O.O=C=O.O=C=O. The summed E-state index contributed by atoms with van der Waals surface area (Å²) in [7, 11) is 0. The molecule has 48 heavy (non-hydrogen) atoms. The lowest BCUT2D eigenvalue weighted by molar-refractivity contribution is -0.193. The summed E-state index contributed by atoms with van der Waals surface area (Å²) < 4.78 is 0. The van der Waals surface area contributed by atoms with E-state index in [9.17, 15) is 24.4 Å². The molecule has 0 radical (unpaired) electrons. The van der Waals surface area contributed by atoms with Gasteiger partial charge in [-0.1, -0.05) is 61.5 Å². The van der Waals surface area contributed by atoms with Gasteiger partial charge in [-0.3, -0.25) is 14.4 Å².